The van der Waals surface area contributed by atoms with E-state index in [0.717, 1.165) is 49.7 Å². The minimum atomic E-state index is -0.707. The van der Waals surface area contributed by atoms with Gasteiger partial charge in [0.25, 0.3) is 0 Å². The zero-order chi connectivity index (χ0) is 22.5. The number of allylic oxidation sites excluding steroid dienone is 4. The third-order valence-corrected chi connectivity index (χ3v) is 6.25. The largest absolute Gasteiger partial charge is 0.455 e. The van der Waals surface area contributed by atoms with Crippen LogP contribution in [-0.2, 0) is 14.3 Å². The predicted octanol–water partition coefficient (Wildman–Crippen LogP) is 7.46. The van der Waals surface area contributed by atoms with Crippen LogP contribution < -0.4 is 0 Å². The summed E-state index contributed by atoms with van der Waals surface area (Å²) in [5, 5.41) is 0. The first kappa shape index (κ1) is 25.1. The highest BCUT2D eigenvalue weighted by Gasteiger charge is 2.39. The molecule has 0 aliphatic heterocycles. The lowest BCUT2D eigenvalue weighted by molar-refractivity contribution is -0.157. The molecule has 3 nitrogen and oxygen atoms in total. The summed E-state index contributed by atoms with van der Waals surface area (Å²) >= 11 is 0. The highest BCUT2D eigenvalue weighted by atomic mass is 16.5. The summed E-state index contributed by atoms with van der Waals surface area (Å²) in [5.41, 5.74) is 1.74. The molecule has 0 aromatic heterocycles. The summed E-state index contributed by atoms with van der Waals surface area (Å²) in [5.74, 6) is -0.223. The highest BCUT2D eigenvalue weighted by Crippen LogP contribution is 2.40. The zero-order valence-electron chi connectivity index (χ0n) is 19.7. The smallest absolute Gasteiger partial charge is 0.306 e. The van der Waals surface area contributed by atoms with E-state index in [9.17, 15) is 9.59 Å². The van der Waals surface area contributed by atoms with Crippen LogP contribution in [0.1, 0.15) is 97.0 Å². The van der Waals surface area contributed by atoms with Crippen molar-refractivity contribution in [2.24, 2.45) is 5.41 Å². The molecule has 3 heteroatoms. The number of hydrogen-bond donors (Lipinski definition) is 0. The Balaban J connectivity index is 2.07. The molecule has 2 unspecified atom stereocenters. The molecule has 0 saturated carbocycles. The minimum Gasteiger partial charge on any atom is -0.455 e. The van der Waals surface area contributed by atoms with Crippen LogP contribution in [0.25, 0.3) is 5.57 Å². The maximum Gasteiger partial charge on any atom is 0.306 e. The van der Waals surface area contributed by atoms with Crippen molar-refractivity contribution in [3.63, 3.8) is 0 Å². The van der Waals surface area contributed by atoms with Gasteiger partial charge in [-0.15, -0.1) is 0 Å². The van der Waals surface area contributed by atoms with Gasteiger partial charge in [0.15, 0.2) is 11.9 Å². The number of rotatable bonds is 14. The molecular formula is C28H40O3. The normalized spacial score (nSPS) is 19.0. The van der Waals surface area contributed by atoms with Crippen LogP contribution in [0.5, 0.6) is 0 Å². The van der Waals surface area contributed by atoms with Crippen LogP contribution in [-0.4, -0.2) is 17.9 Å². The number of benzene rings is 1. The van der Waals surface area contributed by atoms with Crippen LogP contribution in [0.3, 0.4) is 0 Å². The molecule has 31 heavy (non-hydrogen) atoms. The topological polar surface area (TPSA) is 43.4 Å². The van der Waals surface area contributed by atoms with Crippen molar-refractivity contribution in [1.29, 1.82) is 0 Å². The maximum atomic E-state index is 13.5. The monoisotopic (exact) mass is 424 g/mol. The highest BCUT2D eigenvalue weighted by molar-refractivity contribution is 5.93. The molecule has 0 heterocycles. The Labute approximate surface area is 189 Å². The van der Waals surface area contributed by atoms with Gasteiger partial charge in [-0.25, -0.2) is 0 Å². The number of carbonyl (C=O) groups is 2. The fourth-order valence-corrected chi connectivity index (χ4v) is 4.29. The Kier molecular flexibility index (Phi) is 10.8. The molecule has 0 spiro atoms. The average Bonchev–Trinajstić information content (AvgIpc) is 2.79. The first-order chi connectivity index (χ1) is 15.0. The van der Waals surface area contributed by atoms with Crippen molar-refractivity contribution in [3.05, 3.63) is 54.1 Å². The van der Waals surface area contributed by atoms with Gasteiger partial charge in [0.05, 0.1) is 5.41 Å². The lowest BCUT2D eigenvalue weighted by Crippen LogP contribution is -2.39. The Hall–Kier alpha value is -2.16. The Morgan fingerprint density at radius 2 is 1.65 bits per heavy atom. The molecule has 0 amide bonds. The predicted molar refractivity (Wildman–Crippen MR) is 129 cm³/mol. The van der Waals surface area contributed by atoms with E-state index in [1.54, 1.807) is 6.92 Å². The van der Waals surface area contributed by atoms with E-state index in [1.807, 2.05) is 18.2 Å². The van der Waals surface area contributed by atoms with Crippen molar-refractivity contribution in [2.45, 2.75) is 97.5 Å². The molecule has 2 rings (SSSR count). The second kappa shape index (κ2) is 13.3. The van der Waals surface area contributed by atoms with Gasteiger partial charge in [0.2, 0.25) is 0 Å². The molecule has 0 fully saturated rings. The van der Waals surface area contributed by atoms with E-state index in [2.05, 4.69) is 44.2 Å². The quantitative estimate of drug-likeness (QED) is 0.230. The molecule has 0 bridgehead atoms. The number of hydrogen-bond acceptors (Lipinski definition) is 3. The van der Waals surface area contributed by atoms with Crippen molar-refractivity contribution in [1.82, 2.24) is 0 Å². The van der Waals surface area contributed by atoms with E-state index < -0.39 is 11.5 Å². The number of ketones is 1. The van der Waals surface area contributed by atoms with Crippen molar-refractivity contribution in [3.8, 4) is 0 Å². The molecule has 0 N–H and O–H groups in total. The van der Waals surface area contributed by atoms with Gasteiger partial charge < -0.3 is 4.74 Å². The number of Topliss-reactive ketones (excluding diaryl/α,β-unsaturated/α-hetero) is 1. The van der Waals surface area contributed by atoms with E-state index >= 15 is 0 Å². The number of unbranched alkanes of at least 4 members (excludes halogenated alkanes) is 6. The number of carbonyl (C=O) groups excluding carboxylic acids is 2. The second-order valence-electron chi connectivity index (χ2n) is 8.84. The number of ether oxygens (including phenoxy) is 1. The molecule has 170 valence electrons. The fraction of sp³-hybridized carbons (Fsp3) is 0.571. The van der Waals surface area contributed by atoms with Crippen molar-refractivity contribution >= 4 is 17.3 Å². The van der Waals surface area contributed by atoms with E-state index in [1.165, 1.54) is 19.3 Å². The van der Waals surface area contributed by atoms with Gasteiger partial charge in [-0.1, -0.05) is 107 Å². The van der Waals surface area contributed by atoms with Crippen LogP contribution in [0.2, 0.25) is 0 Å². The summed E-state index contributed by atoms with van der Waals surface area (Å²) in [7, 11) is 0. The van der Waals surface area contributed by atoms with Crippen molar-refractivity contribution < 1.29 is 14.3 Å². The van der Waals surface area contributed by atoms with Gasteiger partial charge in [-0.05, 0) is 37.3 Å². The van der Waals surface area contributed by atoms with E-state index in [0.29, 0.717) is 12.8 Å². The van der Waals surface area contributed by atoms with Crippen LogP contribution in [0, 0.1) is 5.41 Å². The molecule has 1 aromatic rings. The van der Waals surface area contributed by atoms with Crippen LogP contribution in [0.15, 0.2) is 48.6 Å². The third kappa shape index (κ3) is 7.79. The summed E-state index contributed by atoms with van der Waals surface area (Å²) in [6, 6.07) is 10.3. The molecular weight excluding hydrogens is 384 g/mol. The SMILES string of the molecule is CCCCCCCC1(C(=O)C(C)OC(=O)CCCCC)C=CC(c2ccccc2)=CC1. The molecule has 0 radical (unpaired) electrons. The molecule has 1 aromatic carbocycles. The van der Waals surface area contributed by atoms with Gasteiger partial charge in [-0.3, -0.25) is 9.59 Å². The van der Waals surface area contributed by atoms with Gasteiger partial charge in [0, 0.05) is 6.42 Å². The standard InChI is InChI=1S/C28H40O3/c1-4-6-8-9-14-20-28(27(30)23(3)31-26(29)17-11-7-5-2)21-18-25(19-22-28)24-15-12-10-13-16-24/h10,12-13,15-16,18-19,21,23H,4-9,11,14,17,20,22H2,1-3H3. The molecule has 1 aliphatic rings. The summed E-state index contributed by atoms with van der Waals surface area (Å²) < 4.78 is 5.55. The van der Waals surface area contributed by atoms with Crippen molar-refractivity contribution in [2.75, 3.05) is 0 Å². The minimum absolute atomic E-state index is 0.0337. The van der Waals surface area contributed by atoms with Gasteiger partial charge in [0.1, 0.15) is 0 Å². The van der Waals surface area contributed by atoms with E-state index in [4.69, 9.17) is 4.74 Å². The number of esters is 1. The molecule has 1 aliphatic carbocycles. The average molecular weight is 425 g/mol. The summed E-state index contributed by atoms with van der Waals surface area (Å²) in [6.45, 7) is 6.05. The first-order valence-electron chi connectivity index (χ1n) is 12.2. The van der Waals surface area contributed by atoms with Crippen LogP contribution >= 0.6 is 0 Å². The van der Waals surface area contributed by atoms with Gasteiger partial charge >= 0.3 is 5.97 Å². The maximum absolute atomic E-state index is 13.5. The Morgan fingerprint density at radius 3 is 2.29 bits per heavy atom. The summed E-state index contributed by atoms with van der Waals surface area (Å²) in [4.78, 5) is 25.7. The Bertz CT molecular complexity index is 747. The first-order valence-corrected chi connectivity index (χ1v) is 12.2. The summed E-state index contributed by atoms with van der Waals surface area (Å²) in [6.07, 6.45) is 16.2. The van der Waals surface area contributed by atoms with E-state index in [-0.39, 0.29) is 11.8 Å². The molecule has 2 atom stereocenters. The molecule has 0 saturated heterocycles. The lowest BCUT2D eigenvalue weighted by Gasteiger charge is -2.33. The lowest BCUT2D eigenvalue weighted by atomic mass is 9.71. The van der Waals surface area contributed by atoms with Crippen LogP contribution in [0.4, 0.5) is 0 Å². The zero-order valence-corrected chi connectivity index (χ0v) is 19.7. The third-order valence-electron chi connectivity index (χ3n) is 6.25. The fourth-order valence-electron chi connectivity index (χ4n) is 4.29. The van der Waals surface area contributed by atoms with Gasteiger partial charge in [-0.2, -0.15) is 0 Å². The Morgan fingerprint density at radius 1 is 0.968 bits per heavy atom. The second-order valence-corrected chi connectivity index (χ2v) is 8.84.